The van der Waals surface area contributed by atoms with Gasteiger partial charge in [0.1, 0.15) is 0 Å². The lowest BCUT2D eigenvalue weighted by Crippen LogP contribution is -1.99. The van der Waals surface area contributed by atoms with E-state index in [-0.39, 0.29) is 5.89 Å². The first-order valence-electron chi connectivity index (χ1n) is 6.06. The summed E-state index contributed by atoms with van der Waals surface area (Å²) < 4.78 is 5.51. The highest BCUT2D eigenvalue weighted by atomic mass is 35.5. The fraction of sp³-hybridized carbons (Fsp3) is 0.0667. The molecule has 0 aliphatic rings. The summed E-state index contributed by atoms with van der Waals surface area (Å²) in [6, 6.07) is 16.3. The molecule has 1 heterocycles. The molecule has 20 heavy (non-hydrogen) atoms. The Labute approximate surface area is 120 Å². The molecule has 0 amide bonds. The van der Waals surface area contributed by atoms with Gasteiger partial charge in [0.2, 0.25) is 11.8 Å². The highest BCUT2D eigenvalue weighted by molar-refractivity contribution is 6.30. The molecule has 1 atom stereocenters. The van der Waals surface area contributed by atoms with Gasteiger partial charge in [-0.1, -0.05) is 41.9 Å². The summed E-state index contributed by atoms with van der Waals surface area (Å²) in [6.07, 6.45) is -0.961. The molecule has 0 unspecified atom stereocenters. The van der Waals surface area contributed by atoms with Crippen LogP contribution in [0.2, 0.25) is 5.02 Å². The third-order valence-corrected chi connectivity index (χ3v) is 3.13. The third kappa shape index (κ3) is 2.57. The zero-order valence-corrected chi connectivity index (χ0v) is 11.2. The molecule has 0 radical (unpaired) electrons. The summed E-state index contributed by atoms with van der Waals surface area (Å²) in [5.41, 5.74) is 1.47. The maximum absolute atomic E-state index is 10.2. The van der Waals surface area contributed by atoms with Crippen LogP contribution in [0, 0.1) is 0 Å². The first-order valence-corrected chi connectivity index (χ1v) is 6.44. The number of benzene rings is 2. The van der Waals surface area contributed by atoms with Crippen molar-refractivity contribution in [3.05, 3.63) is 71.1 Å². The second kappa shape index (κ2) is 5.45. The van der Waals surface area contributed by atoms with E-state index in [1.165, 1.54) is 0 Å². The van der Waals surface area contributed by atoms with Crippen molar-refractivity contribution in [3.8, 4) is 11.5 Å². The van der Waals surface area contributed by atoms with Crippen molar-refractivity contribution in [3.63, 3.8) is 0 Å². The Bertz CT molecular complexity index is 695. The number of aromatic nitrogens is 2. The number of aliphatic hydroxyl groups excluding tert-OH is 1. The number of hydrogen-bond donors (Lipinski definition) is 1. The van der Waals surface area contributed by atoms with Gasteiger partial charge in [0.25, 0.3) is 0 Å². The number of aliphatic hydroxyl groups is 1. The summed E-state index contributed by atoms with van der Waals surface area (Å²) in [4.78, 5) is 0. The maximum atomic E-state index is 10.2. The van der Waals surface area contributed by atoms with Crippen LogP contribution < -0.4 is 0 Å². The minimum Gasteiger partial charge on any atom is -0.417 e. The van der Waals surface area contributed by atoms with Crippen molar-refractivity contribution in [1.29, 1.82) is 0 Å². The Balaban J connectivity index is 1.88. The summed E-state index contributed by atoms with van der Waals surface area (Å²) in [5, 5.41) is 18.7. The van der Waals surface area contributed by atoms with Crippen molar-refractivity contribution in [2.24, 2.45) is 0 Å². The van der Waals surface area contributed by atoms with E-state index in [0.717, 1.165) is 5.56 Å². The highest BCUT2D eigenvalue weighted by Crippen LogP contribution is 2.25. The van der Waals surface area contributed by atoms with Crippen LogP contribution in [-0.2, 0) is 0 Å². The zero-order valence-electron chi connectivity index (χ0n) is 10.4. The molecular formula is C15H11ClN2O2. The first kappa shape index (κ1) is 12.8. The molecule has 0 saturated carbocycles. The van der Waals surface area contributed by atoms with E-state index in [4.69, 9.17) is 16.0 Å². The fourth-order valence-corrected chi connectivity index (χ4v) is 1.96. The highest BCUT2D eigenvalue weighted by Gasteiger charge is 2.18. The Morgan fingerprint density at radius 1 is 0.950 bits per heavy atom. The van der Waals surface area contributed by atoms with Gasteiger partial charge in [-0.05, 0) is 29.8 Å². The number of rotatable bonds is 3. The fourth-order valence-electron chi connectivity index (χ4n) is 1.83. The molecule has 1 aromatic heterocycles. The van der Waals surface area contributed by atoms with Gasteiger partial charge in [-0.3, -0.25) is 0 Å². The SMILES string of the molecule is O[C@H](c1ccc(Cl)cc1)c1nnc(-c2ccccc2)o1. The summed E-state index contributed by atoms with van der Waals surface area (Å²) >= 11 is 5.81. The molecule has 5 heteroatoms. The standard InChI is InChI=1S/C15H11ClN2O2/c16-12-8-6-10(7-9-12)13(19)15-18-17-14(20-15)11-4-2-1-3-5-11/h1-9,13,19H/t13-/m1/s1. The van der Waals surface area contributed by atoms with Gasteiger partial charge in [-0.25, -0.2) is 0 Å². The van der Waals surface area contributed by atoms with Crippen LogP contribution in [0.1, 0.15) is 17.6 Å². The van der Waals surface area contributed by atoms with Crippen molar-refractivity contribution < 1.29 is 9.52 Å². The molecule has 0 bridgehead atoms. The van der Waals surface area contributed by atoms with E-state index in [1.807, 2.05) is 30.3 Å². The second-order valence-corrected chi connectivity index (χ2v) is 4.70. The normalized spacial score (nSPS) is 12.3. The lowest BCUT2D eigenvalue weighted by atomic mass is 10.1. The maximum Gasteiger partial charge on any atom is 0.249 e. The molecule has 2 aromatic carbocycles. The summed E-state index contributed by atoms with van der Waals surface area (Å²) in [7, 11) is 0. The van der Waals surface area contributed by atoms with Crippen LogP contribution in [-0.4, -0.2) is 15.3 Å². The number of halogens is 1. The van der Waals surface area contributed by atoms with Crippen LogP contribution in [0.3, 0.4) is 0 Å². The smallest absolute Gasteiger partial charge is 0.249 e. The molecule has 0 aliphatic heterocycles. The van der Waals surface area contributed by atoms with Gasteiger partial charge in [-0.15, -0.1) is 10.2 Å². The average Bonchev–Trinajstić information content (AvgIpc) is 2.98. The zero-order chi connectivity index (χ0) is 13.9. The van der Waals surface area contributed by atoms with Gasteiger partial charge < -0.3 is 9.52 Å². The van der Waals surface area contributed by atoms with Crippen LogP contribution in [0.5, 0.6) is 0 Å². The predicted octanol–water partition coefficient (Wildman–Crippen LogP) is 3.47. The summed E-state index contributed by atoms with van der Waals surface area (Å²) in [5.74, 6) is 0.541. The van der Waals surface area contributed by atoms with Gasteiger partial charge >= 0.3 is 0 Å². The van der Waals surface area contributed by atoms with Crippen molar-refractivity contribution in [1.82, 2.24) is 10.2 Å². The van der Waals surface area contributed by atoms with Gasteiger partial charge in [-0.2, -0.15) is 0 Å². The minimum atomic E-state index is -0.961. The monoisotopic (exact) mass is 286 g/mol. The molecule has 3 rings (SSSR count). The Morgan fingerprint density at radius 3 is 2.35 bits per heavy atom. The molecule has 1 N–H and O–H groups in total. The molecule has 0 spiro atoms. The average molecular weight is 287 g/mol. The van der Waals surface area contributed by atoms with E-state index in [1.54, 1.807) is 24.3 Å². The van der Waals surface area contributed by atoms with E-state index < -0.39 is 6.10 Å². The molecule has 3 aromatic rings. The predicted molar refractivity (Wildman–Crippen MR) is 75.2 cm³/mol. The molecule has 0 saturated heterocycles. The molecule has 4 nitrogen and oxygen atoms in total. The summed E-state index contributed by atoms with van der Waals surface area (Å²) in [6.45, 7) is 0. The van der Waals surface area contributed by atoms with Crippen LogP contribution in [0.25, 0.3) is 11.5 Å². The number of hydrogen-bond acceptors (Lipinski definition) is 4. The lowest BCUT2D eigenvalue weighted by molar-refractivity contribution is 0.183. The van der Waals surface area contributed by atoms with Gasteiger partial charge in [0, 0.05) is 10.6 Å². The van der Waals surface area contributed by atoms with Crippen LogP contribution >= 0.6 is 11.6 Å². The third-order valence-electron chi connectivity index (χ3n) is 2.88. The van der Waals surface area contributed by atoms with Crippen molar-refractivity contribution in [2.45, 2.75) is 6.10 Å². The largest absolute Gasteiger partial charge is 0.417 e. The first-order chi connectivity index (χ1) is 9.74. The Morgan fingerprint density at radius 2 is 1.65 bits per heavy atom. The van der Waals surface area contributed by atoms with Crippen molar-refractivity contribution in [2.75, 3.05) is 0 Å². The second-order valence-electron chi connectivity index (χ2n) is 4.27. The van der Waals surface area contributed by atoms with E-state index in [0.29, 0.717) is 16.5 Å². The van der Waals surface area contributed by atoms with E-state index in [2.05, 4.69) is 10.2 Å². The van der Waals surface area contributed by atoms with E-state index >= 15 is 0 Å². The Hall–Kier alpha value is -2.17. The van der Waals surface area contributed by atoms with Crippen molar-refractivity contribution >= 4 is 11.6 Å². The topological polar surface area (TPSA) is 59.2 Å². The Kier molecular flexibility index (Phi) is 3.50. The molecule has 0 fully saturated rings. The van der Waals surface area contributed by atoms with Crippen LogP contribution in [0.4, 0.5) is 0 Å². The van der Waals surface area contributed by atoms with Crippen LogP contribution in [0.15, 0.2) is 59.0 Å². The van der Waals surface area contributed by atoms with E-state index in [9.17, 15) is 5.11 Å². The lowest BCUT2D eigenvalue weighted by Gasteiger charge is -2.05. The quantitative estimate of drug-likeness (QED) is 0.801. The number of nitrogens with zero attached hydrogens (tertiary/aromatic N) is 2. The van der Waals surface area contributed by atoms with Gasteiger partial charge in [0.05, 0.1) is 0 Å². The minimum absolute atomic E-state index is 0.158. The molecule has 100 valence electrons. The molecule has 0 aliphatic carbocycles. The van der Waals surface area contributed by atoms with Gasteiger partial charge in [0.15, 0.2) is 6.10 Å². The molecular weight excluding hydrogens is 276 g/mol.